The largest absolute Gasteiger partial charge is 0.454 e. The molecule has 15 rings (SSSR count). The zero-order valence-corrected chi connectivity index (χ0v) is 50.2. The Labute approximate surface area is 498 Å². The molecule has 1 aliphatic rings. The highest BCUT2D eigenvalue weighted by Gasteiger charge is 2.49. The summed E-state index contributed by atoms with van der Waals surface area (Å²) in [6, 6.07) is 86.3. The van der Waals surface area contributed by atoms with Crippen LogP contribution in [0, 0.1) is 27.7 Å². The predicted octanol–water partition coefficient (Wildman–Crippen LogP) is 22.9. The van der Waals surface area contributed by atoms with E-state index in [1.54, 1.807) is 0 Å². The molecule has 4 nitrogen and oxygen atoms in total. The third kappa shape index (κ3) is 7.87. The Morgan fingerprint density at radius 2 is 0.635 bits per heavy atom. The molecule has 0 spiro atoms. The first-order valence-electron chi connectivity index (χ1n) is 30.0. The van der Waals surface area contributed by atoms with Gasteiger partial charge < -0.3 is 18.6 Å². The van der Waals surface area contributed by atoms with Gasteiger partial charge in [-0.05, 0) is 130 Å². The van der Waals surface area contributed by atoms with E-state index in [0.717, 1.165) is 88.8 Å². The molecule has 2 heterocycles. The number of furan rings is 2. The summed E-state index contributed by atoms with van der Waals surface area (Å²) in [6.45, 7) is 22.5. The number of aryl methyl sites for hydroxylation is 4. The van der Waals surface area contributed by atoms with E-state index in [9.17, 15) is 0 Å². The molecule has 0 radical (unpaired) electrons. The number of hydrogen-bond donors (Lipinski definition) is 0. The van der Waals surface area contributed by atoms with Gasteiger partial charge in [-0.2, -0.15) is 0 Å². The van der Waals surface area contributed by atoms with Crippen molar-refractivity contribution in [3.05, 3.63) is 286 Å². The maximum atomic E-state index is 7.35. The monoisotopic (exact) mass is 1100 g/mol. The van der Waals surface area contributed by atoms with Crippen LogP contribution in [0.5, 0.6) is 0 Å². The second kappa shape index (κ2) is 19.2. The number of hydrogen-bond acceptors (Lipinski definition) is 4. The summed E-state index contributed by atoms with van der Waals surface area (Å²) in [5.74, 6) is 0. The maximum Gasteiger partial charge on any atom is 0.159 e. The van der Waals surface area contributed by atoms with Crippen LogP contribution in [0.2, 0.25) is 0 Å². The van der Waals surface area contributed by atoms with Crippen LogP contribution < -0.4 is 9.80 Å². The minimum Gasteiger partial charge on any atom is -0.454 e. The molecule has 0 unspecified atom stereocenters. The zero-order chi connectivity index (χ0) is 58.3. The van der Waals surface area contributed by atoms with Gasteiger partial charge in [0.1, 0.15) is 11.2 Å². The molecule has 12 aromatic carbocycles. The van der Waals surface area contributed by atoms with E-state index in [-0.39, 0.29) is 10.8 Å². The Hall–Kier alpha value is -9.64. The molecule has 2 aromatic heterocycles. The molecule has 0 atom stereocenters. The lowest BCUT2D eigenvalue weighted by molar-refractivity contribution is 0.572. The van der Waals surface area contributed by atoms with E-state index in [1.807, 2.05) is 0 Å². The summed E-state index contributed by atoms with van der Waals surface area (Å²) in [6.07, 6.45) is 0. The summed E-state index contributed by atoms with van der Waals surface area (Å²) >= 11 is 0. The van der Waals surface area contributed by atoms with Gasteiger partial charge in [0.05, 0.1) is 28.2 Å². The Balaban J connectivity index is 1.10. The third-order valence-electron chi connectivity index (χ3n) is 18.3. The lowest BCUT2D eigenvalue weighted by Gasteiger charge is -2.36. The number of para-hydroxylation sites is 4. The zero-order valence-electron chi connectivity index (χ0n) is 50.2. The van der Waals surface area contributed by atoms with Crippen LogP contribution >= 0.6 is 0 Å². The van der Waals surface area contributed by atoms with Crippen LogP contribution in [0.25, 0.3) is 76.5 Å². The van der Waals surface area contributed by atoms with E-state index in [4.69, 9.17) is 8.83 Å². The van der Waals surface area contributed by atoms with Crippen molar-refractivity contribution in [2.45, 2.75) is 85.5 Å². The molecule has 4 heteroatoms. The van der Waals surface area contributed by atoms with E-state index < -0.39 is 5.41 Å². The van der Waals surface area contributed by atoms with E-state index in [1.165, 1.54) is 77.5 Å². The van der Waals surface area contributed by atoms with Gasteiger partial charge in [0, 0.05) is 54.8 Å². The molecule has 0 saturated carbocycles. The highest BCUT2D eigenvalue weighted by Crippen LogP contribution is 2.63. The van der Waals surface area contributed by atoms with Gasteiger partial charge in [0.15, 0.2) is 11.2 Å². The third-order valence-corrected chi connectivity index (χ3v) is 18.3. The summed E-state index contributed by atoms with van der Waals surface area (Å²) in [7, 11) is 0. The Morgan fingerprint density at radius 1 is 0.294 bits per heavy atom. The topological polar surface area (TPSA) is 32.8 Å². The van der Waals surface area contributed by atoms with Gasteiger partial charge in [0.2, 0.25) is 0 Å². The standard InChI is InChI=1S/C81H68N2O2/c1-49-41-43-67(51(3)45-49)82(69-39-23-35-61-59-33-21-37-63(79(5,6)7)75(59)84-77(61)69)71-47-65-73(57-31-19-17-29-55(57)71)74-58-32-20-18-30-56(58)72(48-66(74)81(65,53-25-13-11-14-26-53)54-27-15-12-16-28-54)83(68-44-42-50(2)46-52(68)4)70-40-24-36-62-60-34-22-38-64(80(8,9)10)76(60)85-78(62)70/h11-48H,1-10H3. The van der Waals surface area contributed by atoms with Crippen molar-refractivity contribution >= 4 is 99.5 Å². The van der Waals surface area contributed by atoms with Crippen LogP contribution in [0.3, 0.4) is 0 Å². The van der Waals surface area contributed by atoms with E-state index in [0.29, 0.717) is 0 Å². The molecule has 0 fully saturated rings. The van der Waals surface area contributed by atoms with Gasteiger partial charge in [-0.1, -0.05) is 247 Å². The van der Waals surface area contributed by atoms with Crippen LogP contribution in [0.1, 0.15) is 97.2 Å². The molecule has 0 N–H and O–H groups in total. The molecule has 414 valence electrons. The van der Waals surface area contributed by atoms with Crippen LogP contribution in [0.4, 0.5) is 34.1 Å². The maximum absolute atomic E-state index is 7.35. The first kappa shape index (κ1) is 52.2. The molecular weight excluding hydrogens is 1030 g/mol. The summed E-state index contributed by atoms with van der Waals surface area (Å²) in [5.41, 5.74) is 23.1. The van der Waals surface area contributed by atoms with Crippen molar-refractivity contribution in [2.24, 2.45) is 0 Å². The fourth-order valence-corrected chi connectivity index (χ4v) is 14.6. The first-order valence-corrected chi connectivity index (χ1v) is 30.0. The summed E-state index contributed by atoms with van der Waals surface area (Å²) in [5, 5.41) is 9.07. The van der Waals surface area contributed by atoms with Crippen LogP contribution in [-0.4, -0.2) is 0 Å². The molecule has 0 amide bonds. The van der Waals surface area contributed by atoms with Crippen molar-refractivity contribution in [2.75, 3.05) is 9.80 Å². The Kier molecular flexibility index (Phi) is 11.8. The number of anilines is 6. The normalized spacial score (nSPS) is 13.2. The second-order valence-corrected chi connectivity index (χ2v) is 25.8. The minimum atomic E-state index is -0.841. The average Bonchev–Trinajstić information content (AvgIpc) is 1.54. The fraction of sp³-hybridized carbons (Fsp3) is 0.160. The summed E-state index contributed by atoms with van der Waals surface area (Å²) < 4.78 is 14.7. The van der Waals surface area contributed by atoms with Gasteiger partial charge >= 0.3 is 0 Å². The number of nitrogens with zero attached hydrogens (tertiary/aromatic N) is 2. The number of benzene rings is 12. The Bertz CT molecular complexity index is 4710. The average molecular weight is 1100 g/mol. The molecule has 0 saturated heterocycles. The fourth-order valence-electron chi connectivity index (χ4n) is 14.6. The highest BCUT2D eigenvalue weighted by atomic mass is 16.3. The predicted molar refractivity (Wildman–Crippen MR) is 359 cm³/mol. The molecule has 85 heavy (non-hydrogen) atoms. The van der Waals surface area contributed by atoms with Crippen molar-refractivity contribution in [1.82, 2.24) is 0 Å². The van der Waals surface area contributed by atoms with Crippen molar-refractivity contribution < 1.29 is 8.83 Å². The minimum absolute atomic E-state index is 0.138. The quantitative estimate of drug-likeness (QED) is 0.152. The van der Waals surface area contributed by atoms with E-state index in [2.05, 4.69) is 310 Å². The SMILES string of the molecule is Cc1ccc(N(c2cc3c(c4ccccc24)-c2c(cc(N(c4ccc(C)cc4C)c4cccc5c4oc4c(C(C)(C)C)cccc45)c4ccccc24)C3(c2ccccc2)c2ccccc2)c2cccc3c2oc2c(C(C)(C)C)cccc23)c(C)c1. The summed E-state index contributed by atoms with van der Waals surface area (Å²) in [4.78, 5) is 5.01. The molecule has 14 aromatic rings. The van der Waals surface area contributed by atoms with Crippen LogP contribution in [0.15, 0.2) is 239 Å². The lowest BCUT2D eigenvalue weighted by Crippen LogP contribution is -2.29. The number of fused-ring (bicyclic) bond motifs is 13. The first-order chi connectivity index (χ1) is 41.1. The van der Waals surface area contributed by atoms with Crippen molar-refractivity contribution in [1.29, 1.82) is 0 Å². The van der Waals surface area contributed by atoms with Crippen molar-refractivity contribution in [3.63, 3.8) is 0 Å². The molecule has 0 bridgehead atoms. The van der Waals surface area contributed by atoms with Crippen molar-refractivity contribution in [3.8, 4) is 11.1 Å². The molecule has 0 aliphatic heterocycles. The molecule has 1 aliphatic carbocycles. The van der Waals surface area contributed by atoms with Gasteiger partial charge in [-0.3, -0.25) is 0 Å². The molecular formula is C81H68N2O2. The Morgan fingerprint density at radius 3 is 1.01 bits per heavy atom. The van der Waals surface area contributed by atoms with Gasteiger partial charge in [-0.25, -0.2) is 0 Å². The number of rotatable bonds is 8. The second-order valence-electron chi connectivity index (χ2n) is 25.8. The smallest absolute Gasteiger partial charge is 0.159 e. The van der Waals surface area contributed by atoms with E-state index >= 15 is 0 Å². The van der Waals surface area contributed by atoms with Gasteiger partial charge in [-0.15, -0.1) is 0 Å². The lowest BCUT2D eigenvalue weighted by atomic mass is 9.67. The van der Waals surface area contributed by atoms with Crippen LogP contribution in [-0.2, 0) is 16.2 Å². The van der Waals surface area contributed by atoms with Gasteiger partial charge in [0.25, 0.3) is 0 Å². The highest BCUT2D eigenvalue weighted by molar-refractivity contribution is 6.21.